The van der Waals surface area contributed by atoms with Crippen LogP contribution in [0.5, 0.6) is 0 Å². The molecule has 1 spiro atoms. The minimum Gasteiger partial charge on any atom is -0.425 e. The van der Waals surface area contributed by atoms with Crippen LogP contribution in [0.25, 0.3) is 0 Å². The minimum atomic E-state index is -1.40. The minimum absolute atomic E-state index is 0.0285. The standard InChI is InChI=1S/C31H42O7/c1-15-16(2)31(38-25(15)35)14-28(6,36)21-12-22(33)29(7)17-9-10-20-26(3,4)24(34)19(32)13-27(20,5)18(17)11-23(37-31)30(21,29)8/h9,11,19-23,32-33,36H,10,12-14H2,1-8H3. The average molecular weight is 527 g/mol. The largest absolute Gasteiger partial charge is 0.425 e. The topological polar surface area (TPSA) is 113 Å². The lowest BCUT2D eigenvalue weighted by Crippen LogP contribution is -2.61. The van der Waals surface area contributed by atoms with Crippen LogP contribution in [-0.2, 0) is 19.1 Å². The molecule has 6 rings (SSSR count). The van der Waals surface area contributed by atoms with Gasteiger partial charge in [-0.1, -0.05) is 46.8 Å². The Hall–Kier alpha value is -1.80. The number of ketones is 1. The summed E-state index contributed by atoms with van der Waals surface area (Å²) in [6.07, 6.45) is 3.36. The van der Waals surface area contributed by atoms with Crippen molar-refractivity contribution in [2.75, 3.05) is 0 Å². The zero-order valence-electron chi connectivity index (χ0n) is 23.8. The Balaban J connectivity index is 1.60. The number of Topliss-reactive ketones (excluding diaryl/α,β-unsaturated/α-hetero) is 1. The van der Waals surface area contributed by atoms with Crippen molar-refractivity contribution in [2.45, 2.75) is 111 Å². The number of allylic oxidation sites excluding steroid dienone is 2. The average Bonchev–Trinajstić information content (AvgIpc) is 3.13. The molecule has 10 atom stereocenters. The van der Waals surface area contributed by atoms with Crippen LogP contribution in [0.1, 0.15) is 81.1 Å². The van der Waals surface area contributed by atoms with E-state index in [0.29, 0.717) is 30.4 Å². The molecular formula is C31H42O7. The smallest absolute Gasteiger partial charge is 0.336 e. The molecule has 4 aliphatic carbocycles. The molecule has 2 aliphatic heterocycles. The van der Waals surface area contributed by atoms with Gasteiger partial charge in [0.25, 0.3) is 0 Å². The first-order chi connectivity index (χ1) is 17.4. The number of esters is 1. The van der Waals surface area contributed by atoms with Crippen LogP contribution in [0.2, 0.25) is 0 Å². The second kappa shape index (κ2) is 7.28. The van der Waals surface area contributed by atoms with Crippen LogP contribution >= 0.6 is 0 Å². The van der Waals surface area contributed by atoms with Gasteiger partial charge >= 0.3 is 5.97 Å². The predicted octanol–water partition coefficient (Wildman–Crippen LogP) is 3.76. The fraction of sp³-hybridized carbons (Fsp3) is 0.742. The molecule has 0 aromatic heterocycles. The van der Waals surface area contributed by atoms with Crippen LogP contribution in [0.3, 0.4) is 0 Å². The Bertz CT molecular complexity index is 1250. The third-order valence-electron chi connectivity index (χ3n) is 12.5. The van der Waals surface area contributed by atoms with Crippen LogP contribution in [0, 0.1) is 33.5 Å². The summed E-state index contributed by atoms with van der Waals surface area (Å²) in [6.45, 7) is 15.5. The summed E-state index contributed by atoms with van der Waals surface area (Å²) >= 11 is 0. The van der Waals surface area contributed by atoms with Gasteiger partial charge in [0.15, 0.2) is 5.78 Å². The molecule has 3 N–H and O–H groups in total. The van der Waals surface area contributed by atoms with Crippen LogP contribution in [0.4, 0.5) is 0 Å². The van der Waals surface area contributed by atoms with Crippen molar-refractivity contribution in [1.82, 2.24) is 0 Å². The van der Waals surface area contributed by atoms with Crippen molar-refractivity contribution in [3.05, 3.63) is 34.4 Å². The maximum absolute atomic E-state index is 13.1. The van der Waals surface area contributed by atoms with E-state index in [2.05, 4.69) is 32.9 Å². The van der Waals surface area contributed by atoms with Crippen LogP contribution in [-0.4, -0.2) is 56.8 Å². The first-order valence-corrected chi connectivity index (χ1v) is 14.0. The van der Waals surface area contributed by atoms with Crippen molar-refractivity contribution in [3.63, 3.8) is 0 Å². The van der Waals surface area contributed by atoms with E-state index in [1.807, 2.05) is 20.8 Å². The Kier molecular flexibility index (Phi) is 5.06. The van der Waals surface area contributed by atoms with Gasteiger partial charge in [0, 0.05) is 33.8 Å². The van der Waals surface area contributed by atoms with Gasteiger partial charge in [-0.3, -0.25) is 4.79 Å². The van der Waals surface area contributed by atoms with E-state index in [4.69, 9.17) is 9.47 Å². The Morgan fingerprint density at radius 3 is 2.24 bits per heavy atom. The lowest BCUT2D eigenvalue weighted by Gasteiger charge is -2.61. The summed E-state index contributed by atoms with van der Waals surface area (Å²) in [7, 11) is 0. The molecule has 208 valence electrons. The third kappa shape index (κ3) is 2.74. The molecule has 2 heterocycles. The van der Waals surface area contributed by atoms with Gasteiger partial charge in [-0.05, 0) is 68.4 Å². The fourth-order valence-corrected chi connectivity index (χ4v) is 9.94. The summed E-state index contributed by atoms with van der Waals surface area (Å²) in [5.41, 5.74) is -0.812. The highest BCUT2D eigenvalue weighted by Gasteiger charge is 2.74. The van der Waals surface area contributed by atoms with Crippen LogP contribution in [0.15, 0.2) is 34.4 Å². The summed E-state index contributed by atoms with van der Waals surface area (Å²) < 4.78 is 12.9. The molecule has 7 heteroatoms. The summed E-state index contributed by atoms with van der Waals surface area (Å²) in [6, 6.07) is 0. The number of carbonyl (C=O) groups is 2. The molecule has 0 bridgehead atoms. The lowest BCUT2D eigenvalue weighted by molar-refractivity contribution is -0.236. The number of ether oxygens (including phenoxy) is 2. The van der Waals surface area contributed by atoms with Gasteiger partial charge < -0.3 is 24.8 Å². The normalized spacial score (nSPS) is 53.1. The molecule has 6 aliphatic rings. The quantitative estimate of drug-likeness (QED) is 0.412. The van der Waals surface area contributed by atoms with Crippen molar-refractivity contribution in [3.8, 4) is 0 Å². The molecule has 0 radical (unpaired) electrons. The van der Waals surface area contributed by atoms with Crippen molar-refractivity contribution in [1.29, 1.82) is 0 Å². The summed E-state index contributed by atoms with van der Waals surface area (Å²) in [5.74, 6) is -2.32. The van der Waals surface area contributed by atoms with Gasteiger partial charge in [0.2, 0.25) is 5.79 Å². The van der Waals surface area contributed by atoms with E-state index >= 15 is 0 Å². The molecule has 3 fully saturated rings. The van der Waals surface area contributed by atoms with Crippen molar-refractivity contribution >= 4 is 11.8 Å². The second-order valence-electron chi connectivity index (χ2n) is 14.5. The Morgan fingerprint density at radius 2 is 1.63 bits per heavy atom. The highest BCUT2D eigenvalue weighted by molar-refractivity contribution is 5.92. The number of carbonyl (C=O) groups excluding carboxylic acids is 2. The highest BCUT2D eigenvalue weighted by atomic mass is 16.7. The van der Waals surface area contributed by atoms with Gasteiger partial charge in [-0.25, -0.2) is 4.79 Å². The van der Waals surface area contributed by atoms with Crippen molar-refractivity contribution in [2.24, 2.45) is 33.5 Å². The molecule has 0 amide bonds. The number of rotatable bonds is 0. The van der Waals surface area contributed by atoms with E-state index in [0.717, 1.165) is 11.1 Å². The number of aliphatic hydroxyl groups is 3. The molecule has 38 heavy (non-hydrogen) atoms. The van der Waals surface area contributed by atoms with Gasteiger partial charge in [-0.2, -0.15) is 0 Å². The Morgan fingerprint density at radius 1 is 0.974 bits per heavy atom. The molecule has 2 saturated carbocycles. The SMILES string of the molecule is CC1=C(C)C2(CC(C)(O)C3CC(O)C4(C)C5=CCC6C(C)(C)C(=O)C(O)CC6(C)C5=CC(O2)C34C)OC1=O. The highest BCUT2D eigenvalue weighted by Crippen LogP contribution is 2.73. The summed E-state index contributed by atoms with van der Waals surface area (Å²) in [5, 5.41) is 34.8. The van der Waals surface area contributed by atoms with Crippen molar-refractivity contribution < 1.29 is 34.4 Å². The number of hydrogen-bond donors (Lipinski definition) is 3. The van der Waals surface area contributed by atoms with Gasteiger partial charge in [-0.15, -0.1) is 0 Å². The summed E-state index contributed by atoms with van der Waals surface area (Å²) in [4.78, 5) is 25.8. The fourth-order valence-electron chi connectivity index (χ4n) is 9.94. The molecule has 10 unspecified atom stereocenters. The molecule has 1 saturated heterocycles. The molecule has 0 aromatic carbocycles. The maximum atomic E-state index is 13.1. The molecular weight excluding hydrogens is 484 g/mol. The van der Waals surface area contributed by atoms with E-state index in [-0.39, 0.29) is 24.0 Å². The predicted molar refractivity (Wildman–Crippen MR) is 139 cm³/mol. The zero-order chi connectivity index (χ0) is 28.0. The van der Waals surface area contributed by atoms with E-state index < -0.39 is 57.3 Å². The van der Waals surface area contributed by atoms with Gasteiger partial charge in [0.1, 0.15) is 6.10 Å². The molecule has 0 aromatic rings. The zero-order valence-corrected chi connectivity index (χ0v) is 23.8. The molecule has 7 nitrogen and oxygen atoms in total. The third-order valence-corrected chi connectivity index (χ3v) is 12.5. The monoisotopic (exact) mass is 526 g/mol. The number of hydrogen-bond acceptors (Lipinski definition) is 7. The van der Waals surface area contributed by atoms with Crippen LogP contribution < -0.4 is 0 Å². The number of aliphatic hydroxyl groups excluding tert-OH is 2. The van der Waals surface area contributed by atoms with E-state index in [1.165, 1.54) is 0 Å². The Labute approximate surface area is 225 Å². The maximum Gasteiger partial charge on any atom is 0.336 e. The van der Waals surface area contributed by atoms with Gasteiger partial charge in [0.05, 0.1) is 17.8 Å². The van der Waals surface area contributed by atoms with E-state index in [9.17, 15) is 24.9 Å². The number of fused-ring (bicyclic) bond motifs is 4. The second-order valence-corrected chi connectivity index (χ2v) is 14.5. The first kappa shape index (κ1) is 26.4. The van der Waals surface area contributed by atoms with E-state index in [1.54, 1.807) is 13.8 Å². The first-order valence-electron chi connectivity index (χ1n) is 14.0. The lowest BCUT2D eigenvalue weighted by atomic mass is 9.43.